The van der Waals surface area contributed by atoms with Crippen LogP contribution in [-0.2, 0) is 14.3 Å². The van der Waals surface area contributed by atoms with E-state index in [2.05, 4.69) is 18.8 Å². The molecule has 0 fully saturated rings. The Hall–Kier alpha value is -1.49. The summed E-state index contributed by atoms with van der Waals surface area (Å²) in [6.45, 7) is 9.50. The van der Waals surface area contributed by atoms with Gasteiger partial charge in [-0.2, -0.15) is 0 Å². The van der Waals surface area contributed by atoms with Crippen molar-refractivity contribution in [1.29, 1.82) is 0 Å². The first-order valence-corrected chi connectivity index (χ1v) is 6.11. The van der Waals surface area contributed by atoms with E-state index in [9.17, 15) is 9.90 Å². The van der Waals surface area contributed by atoms with Crippen LogP contribution >= 0.6 is 0 Å². The minimum Gasteiger partial charge on any atom is -0.474 e. The van der Waals surface area contributed by atoms with Crippen molar-refractivity contribution in [3.05, 3.63) is 24.3 Å². The van der Waals surface area contributed by atoms with Crippen LogP contribution in [0.1, 0.15) is 33.6 Å². The smallest absolute Gasteiger partial charge is 0.335 e. The molecule has 104 valence electrons. The lowest BCUT2D eigenvalue weighted by atomic mass is 10.3. The Morgan fingerprint density at radius 1 is 1.56 bits per heavy atom. The van der Waals surface area contributed by atoms with Gasteiger partial charge >= 0.3 is 5.97 Å². The maximum absolute atomic E-state index is 11.1. The van der Waals surface area contributed by atoms with Crippen LogP contribution in [0.2, 0.25) is 0 Å². The molecule has 0 rings (SSSR count). The lowest BCUT2D eigenvalue weighted by Gasteiger charge is -2.16. The normalized spacial score (nSPS) is 13.3. The molecule has 5 nitrogen and oxygen atoms in total. The third-order valence-electron chi connectivity index (χ3n) is 2.02. The van der Waals surface area contributed by atoms with E-state index in [1.54, 1.807) is 13.8 Å². The summed E-state index contributed by atoms with van der Waals surface area (Å²) in [5, 5.41) is 12.2. The van der Waals surface area contributed by atoms with Crippen molar-refractivity contribution in [1.82, 2.24) is 5.32 Å². The zero-order chi connectivity index (χ0) is 14.0. The molecule has 0 bridgehead atoms. The standard InChI is InChI=1S/C13H23NO4/c1-5-7-8-14-13(17-9-10(3)15)11(4)18-12(16)6-2/h6,10,14-15H,2,5,7-9H2,1,3-4H3. The molecule has 0 aromatic rings. The van der Waals surface area contributed by atoms with Gasteiger partial charge in [0, 0.05) is 12.6 Å². The summed E-state index contributed by atoms with van der Waals surface area (Å²) in [5.74, 6) is 0.166. The first-order valence-electron chi connectivity index (χ1n) is 6.11. The van der Waals surface area contributed by atoms with E-state index in [4.69, 9.17) is 9.47 Å². The van der Waals surface area contributed by atoms with Crippen LogP contribution in [0.25, 0.3) is 0 Å². The Morgan fingerprint density at radius 2 is 2.22 bits per heavy atom. The molecule has 0 aliphatic rings. The first kappa shape index (κ1) is 16.5. The van der Waals surface area contributed by atoms with E-state index in [0.717, 1.165) is 18.9 Å². The minimum atomic E-state index is -0.587. The van der Waals surface area contributed by atoms with Crippen LogP contribution < -0.4 is 5.32 Å². The average molecular weight is 257 g/mol. The second kappa shape index (κ2) is 9.53. The maximum atomic E-state index is 11.1. The second-order valence-corrected chi connectivity index (χ2v) is 3.95. The number of nitrogens with one attached hydrogen (secondary N) is 1. The predicted molar refractivity (Wildman–Crippen MR) is 69.5 cm³/mol. The van der Waals surface area contributed by atoms with Crippen LogP contribution in [-0.4, -0.2) is 30.3 Å². The van der Waals surface area contributed by atoms with Gasteiger partial charge in [0.15, 0.2) is 5.76 Å². The Balaban J connectivity index is 4.53. The van der Waals surface area contributed by atoms with Gasteiger partial charge in [-0.1, -0.05) is 19.9 Å². The van der Waals surface area contributed by atoms with Gasteiger partial charge < -0.3 is 19.9 Å². The van der Waals surface area contributed by atoms with E-state index in [1.165, 1.54) is 0 Å². The number of rotatable bonds is 9. The molecule has 0 aliphatic heterocycles. The largest absolute Gasteiger partial charge is 0.474 e. The third-order valence-corrected chi connectivity index (χ3v) is 2.02. The third kappa shape index (κ3) is 7.73. The van der Waals surface area contributed by atoms with E-state index in [1.807, 2.05) is 0 Å². The molecule has 0 aliphatic carbocycles. The van der Waals surface area contributed by atoms with Crippen molar-refractivity contribution in [3.63, 3.8) is 0 Å². The summed E-state index contributed by atoms with van der Waals surface area (Å²) in [4.78, 5) is 11.1. The molecule has 0 spiro atoms. The summed E-state index contributed by atoms with van der Waals surface area (Å²) in [5.41, 5.74) is 0. The molecule has 1 unspecified atom stereocenters. The Kier molecular flexibility index (Phi) is 8.74. The molecule has 0 heterocycles. The van der Waals surface area contributed by atoms with Crippen molar-refractivity contribution in [2.24, 2.45) is 0 Å². The number of aliphatic hydroxyl groups excluding tert-OH is 1. The predicted octanol–water partition coefficient (Wildman–Crippen LogP) is 1.69. The van der Waals surface area contributed by atoms with Gasteiger partial charge in [-0.3, -0.25) is 0 Å². The molecule has 0 aromatic carbocycles. The fourth-order valence-corrected chi connectivity index (χ4v) is 1.10. The van der Waals surface area contributed by atoms with E-state index in [-0.39, 0.29) is 6.61 Å². The zero-order valence-corrected chi connectivity index (χ0v) is 11.4. The van der Waals surface area contributed by atoms with E-state index < -0.39 is 12.1 Å². The van der Waals surface area contributed by atoms with Gasteiger partial charge in [0.1, 0.15) is 6.61 Å². The Morgan fingerprint density at radius 3 is 2.72 bits per heavy atom. The van der Waals surface area contributed by atoms with Gasteiger partial charge in [-0.15, -0.1) is 0 Å². The van der Waals surface area contributed by atoms with Crippen LogP contribution in [0.3, 0.4) is 0 Å². The first-order chi connectivity index (χ1) is 8.51. The van der Waals surface area contributed by atoms with Gasteiger partial charge in [0.25, 0.3) is 0 Å². The number of aliphatic hydroxyl groups is 1. The molecule has 0 saturated heterocycles. The number of allylic oxidation sites excluding steroid dienone is 1. The number of ether oxygens (including phenoxy) is 2. The van der Waals surface area contributed by atoms with Crippen LogP contribution in [0, 0.1) is 0 Å². The van der Waals surface area contributed by atoms with Gasteiger partial charge in [-0.05, 0) is 20.3 Å². The fraction of sp³-hybridized carbons (Fsp3) is 0.615. The Bertz CT molecular complexity index is 297. The topological polar surface area (TPSA) is 67.8 Å². The molecule has 1 atom stereocenters. The minimum absolute atomic E-state index is 0.136. The van der Waals surface area contributed by atoms with Crippen molar-refractivity contribution in [2.45, 2.75) is 39.7 Å². The maximum Gasteiger partial charge on any atom is 0.335 e. The number of carbonyl (C=O) groups excluding carboxylic acids is 1. The molecule has 5 heteroatoms. The second-order valence-electron chi connectivity index (χ2n) is 3.95. The Labute approximate surface area is 108 Å². The summed E-state index contributed by atoms with van der Waals surface area (Å²) < 4.78 is 10.3. The highest BCUT2D eigenvalue weighted by molar-refractivity contribution is 5.82. The molecule has 0 radical (unpaired) electrons. The van der Waals surface area contributed by atoms with E-state index in [0.29, 0.717) is 18.2 Å². The molecular weight excluding hydrogens is 234 g/mol. The number of esters is 1. The van der Waals surface area contributed by atoms with Crippen molar-refractivity contribution >= 4 is 5.97 Å². The van der Waals surface area contributed by atoms with Crippen molar-refractivity contribution in [3.8, 4) is 0 Å². The molecule has 0 saturated carbocycles. The lowest BCUT2D eigenvalue weighted by molar-refractivity contribution is -0.134. The SMILES string of the molecule is C=CC(=O)OC(C)=C(NCCCC)OCC(C)O. The summed E-state index contributed by atoms with van der Waals surface area (Å²) in [6, 6.07) is 0. The van der Waals surface area contributed by atoms with E-state index >= 15 is 0 Å². The van der Waals surface area contributed by atoms with Crippen LogP contribution in [0.5, 0.6) is 0 Å². The summed E-state index contributed by atoms with van der Waals surface area (Å²) >= 11 is 0. The molecule has 2 N–H and O–H groups in total. The zero-order valence-electron chi connectivity index (χ0n) is 11.4. The highest BCUT2D eigenvalue weighted by Gasteiger charge is 2.09. The molecule has 0 aromatic heterocycles. The summed E-state index contributed by atoms with van der Waals surface area (Å²) in [7, 11) is 0. The number of hydrogen-bond donors (Lipinski definition) is 2. The van der Waals surface area contributed by atoms with Crippen molar-refractivity contribution in [2.75, 3.05) is 13.2 Å². The quantitative estimate of drug-likeness (QED) is 0.285. The number of hydrogen-bond acceptors (Lipinski definition) is 5. The molecule has 0 amide bonds. The van der Waals surface area contributed by atoms with Gasteiger partial charge in [0.05, 0.1) is 6.10 Å². The van der Waals surface area contributed by atoms with Crippen LogP contribution in [0.15, 0.2) is 24.3 Å². The van der Waals surface area contributed by atoms with Crippen molar-refractivity contribution < 1.29 is 19.4 Å². The summed E-state index contributed by atoms with van der Waals surface area (Å²) in [6.07, 6.45) is 2.52. The highest BCUT2D eigenvalue weighted by Crippen LogP contribution is 2.06. The van der Waals surface area contributed by atoms with Gasteiger partial charge in [0.2, 0.25) is 5.88 Å². The average Bonchev–Trinajstić information content (AvgIpc) is 2.32. The number of carbonyl (C=O) groups is 1. The van der Waals surface area contributed by atoms with Gasteiger partial charge in [-0.25, -0.2) is 4.79 Å². The highest BCUT2D eigenvalue weighted by atomic mass is 16.6. The monoisotopic (exact) mass is 257 g/mol. The molecule has 18 heavy (non-hydrogen) atoms. The molecular formula is C13H23NO4. The number of unbranched alkanes of at least 4 members (excludes halogenated alkanes) is 1. The lowest BCUT2D eigenvalue weighted by Crippen LogP contribution is -2.23. The van der Waals surface area contributed by atoms with Crippen LogP contribution in [0.4, 0.5) is 0 Å². The fourth-order valence-electron chi connectivity index (χ4n) is 1.10.